The standard InChI is InChI=1S/C21H25N5OS/c1-4-6-17-23-19(18-14(2)15(3)28-20(18)24-17)25-9-11-26(12-10-25)21(27)16-7-5-8-22-13-16/h5,7-8,13H,4,6,9-12H2,1-3H3. The van der Waals surface area contributed by atoms with Crippen LogP contribution in [0.25, 0.3) is 10.2 Å². The molecule has 0 aromatic carbocycles. The Morgan fingerprint density at radius 1 is 1.18 bits per heavy atom. The zero-order valence-corrected chi connectivity index (χ0v) is 17.4. The molecular weight excluding hydrogens is 370 g/mol. The lowest BCUT2D eigenvalue weighted by atomic mass is 10.1. The molecule has 3 aromatic rings. The molecule has 1 aliphatic heterocycles. The molecule has 7 heteroatoms. The van der Waals surface area contributed by atoms with Crippen molar-refractivity contribution in [1.29, 1.82) is 0 Å². The van der Waals surface area contributed by atoms with E-state index >= 15 is 0 Å². The Morgan fingerprint density at radius 3 is 2.64 bits per heavy atom. The molecule has 6 nitrogen and oxygen atoms in total. The number of hydrogen-bond donors (Lipinski definition) is 0. The normalized spacial score (nSPS) is 14.7. The maximum Gasteiger partial charge on any atom is 0.255 e. The molecule has 1 saturated heterocycles. The molecule has 0 radical (unpaired) electrons. The molecule has 0 atom stereocenters. The molecule has 28 heavy (non-hydrogen) atoms. The molecule has 146 valence electrons. The number of pyridine rings is 1. The van der Waals surface area contributed by atoms with E-state index in [1.165, 1.54) is 15.8 Å². The van der Waals surface area contributed by atoms with Gasteiger partial charge in [0.15, 0.2) is 0 Å². The topological polar surface area (TPSA) is 62.2 Å². The number of thiophene rings is 1. The summed E-state index contributed by atoms with van der Waals surface area (Å²) in [7, 11) is 0. The van der Waals surface area contributed by atoms with E-state index in [4.69, 9.17) is 9.97 Å². The third kappa shape index (κ3) is 3.46. The number of aromatic nitrogens is 3. The molecule has 0 saturated carbocycles. The summed E-state index contributed by atoms with van der Waals surface area (Å²) in [4.78, 5) is 33.1. The maximum atomic E-state index is 12.7. The van der Waals surface area contributed by atoms with Crippen LogP contribution in [0.5, 0.6) is 0 Å². The number of carbonyl (C=O) groups excluding carboxylic acids is 1. The van der Waals surface area contributed by atoms with Crippen LogP contribution in [-0.4, -0.2) is 51.9 Å². The third-order valence-electron chi connectivity index (χ3n) is 5.30. The Kier molecular flexibility index (Phi) is 5.26. The van der Waals surface area contributed by atoms with Crippen LogP contribution < -0.4 is 4.90 Å². The monoisotopic (exact) mass is 395 g/mol. The lowest BCUT2D eigenvalue weighted by Gasteiger charge is -2.36. The second-order valence-electron chi connectivity index (χ2n) is 7.20. The highest BCUT2D eigenvalue weighted by Crippen LogP contribution is 2.35. The Balaban J connectivity index is 1.59. The van der Waals surface area contributed by atoms with Crippen molar-refractivity contribution in [2.75, 3.05) is 31.1 Å². The highest BCUT2D eigenvalue weighted by molar-refractivity contribution is 7.18. The first-order chi connectivity index (χ1) is 13.6. The van der Waals surface area contributed by atoms with Crippen molar-refractivity contribution in [3.8, 4) is 0 Å². The Labute approximate surface area is 169 Å². The predicted molar refractivity (Wildman–Crippen MR) is 113 cm³/mol. The minimum Gasteiger partial charge on any atom is -0.352 e. The first-order valence-corrected chi connectivity index (χ1v) is 10.6. The number of carbonyl (C=O) groups is 1. The number of rotatable bonds is 4. The van der Waals surface area contributed by atoms with Gasteiger partial charge in [0.1, 0.15) is 16.5 Å². The van der Waals surface area contributed by atoms with E-state index in [2.05, 4.69) is 30.7 Å². The largest absolute Gasteiger partial charge is 0.352 e. The van der Waals surface area contributed by atoms with Gasteiger partial charge in [0.05, 0.1) is 10.9 Å². The number of anilines is 1. The van der Waals surface area contributed by atoms with E-state index in [9.17, 15) is 4.79 Å². The zero-order valence-electron chi connectivity index (χ0n) is 16.6. The van der Waals surface area contributed by atoms with Gasteiger partial charge in [0.2, 0.25) is 0 Å². The molecule has 1 aliphatic rings. The van der Waals surface area contributed by atoms with Crippen LogP contribution in [0.4, 0.5) is 5.82 Å². The second-order valence-corrected chi connectivity index (χ2v) is 8.40. The average Bonchev–Trinajstić information content (AvgIpc) is 3.01. The van der Waals surface area contributed by atoms with Gasteiger partial charge in [-0.1, -0.05) is 6.92 Å². The van der Waals surface area contributed by atoms with Gasteiger partial charge >= 0.3 is 0 Å². The molecular formula is C21H25N5OS. The van der Waals surface area contributed by atoms with E-state index in [-0.39, 0.29) is 5.91 Å². The summed E-state index contributed by atoms with van der Waals surface area (Å²) >= 11 is 1.75. The Morgan fingerprint density at radius 2 is 1.96 bits per heavy atom. The molecule has 0 spiro atoms. The van der Waals surface area contributed by atoms with Crippen LogP contribution in [0.3, 0.4) is 0 Å². The van der Waals surface area contributed by atoms with Gasteiger partial charge in [-0.3, -0.25) is 9.78 Å². The first-order valence-electron chi connectivity index (χ1n) is 9.79. The van der Waals surface area contributed by atoms with Crippen molar-refractivity contribution < 1.29 is 4.79 Å². The Hall–Kier alpha value is -2.54. The van der Waals surface area contributed by atoms with Crippen molar-refractivity contribution in [2.24, 2.45) is 0 Å². The fourth-order valence-electron chi connectivity index (χ4n) is 3.63. The number of hydrogen-bond acceptors (Lipinski definition) is 6. The molecule has 3 aromatic heterocycles. The smallest absolute Gasteiger partial charge is 0.255 e. The summed E-state index contributed by atoms with van der Waals surface area (Å²) < 4.78 is 0. The summed E-state index contributed by atoms with van der Waals surface area (Å²) in [5, 5.41) is 1.18. The molecule has 4 heterocycles. The quantitative estimate of drug-likeness (QED) is 0.675. The fraction of sp³-hybridized carbons (Fsp3) is 0.429. The van der Waals surface area contributed by atoms with Gasteiger partial charge in [-0.15, -0.1) is 11.3 Å². The first kappa shape index (κ1) is 18.8. The van der Waals surface area contributed by atoms with Crippen LogP contribution in [0.15, 0.2) is 24.5 Å². The van der Waals surface area contributed by atoms with Crippen LogP contribution in [-0.2, 0) is 6.42 Å². The number of amides is 1. The summed E-state index contributed by atoms with van der Waals surface area (Å²) in [6.45, 7) is 9.38. The Bertz CT molecular complexity index is 993. The maximum absolute atomic E-state index is 12.7. The van der Waals surface area contributed by atoms with Crippen LogP contribution in [0, 0.1) is 13.8 Å². The minimum absolute atomic E-state index is 0.0508. The summed E-state index contributed by atoms with van der Waals surface area (Å²) in [5.74, 6) is 2.00. The summed E-state index contributed by atoms with van der Waals surface area (Å²) in [6.07, 6.45) is 5.24. The van der Waals surface area contributed by atoms with E-state index in [0.717, 1.165) is 42.4 Å². The van der Waals surface area contributed by atoms with E-state index in [0.29, 0.717) is 18.7 Å². The van der Waals surface area contributed by atoms with Crippen molar-refractivity contribution in [2.45, 2.75) is 33.6 Å². The SMILES string of the molecule is CCCc1nc(N2CCN(C(=O)c3cccnc3)CC2)c2c(C)c(C)sc2n1. The lowest BCUT2D eigenvalue weighted by molar-refractivity contribution is 0.0746. The summed E-state index contributed by atoms with van der Waals surface area (Å²) in [6, 6.07) is 3.63. The van der Waals surface area contributed by atoms with E-state index in [1.807, 2.05) is 11.0 Å². The number of aryl methyl sites for hydroxylation is 3. The highest BCUT2D eigenvalue weighted by atomic mass is 32.1. The third-order valence-corrected chi connectivity index (χ3v) is 6.41. The molecule has 0 N–H and O–H groups in total. The van der Waals surface area contributed by atoms with Crippen LogP contribution >= 0.6 is 11.3 Å². The van der Waals surface area contributed by atoms with Gasteiger partial charge in [0.25, 0.3) is 5.91 Å². The zero-order chi connectivity index (χ0) is 19.7. The van der Waals surface area contributed by atoms with Crippen LogP contribution in [0.2, 0.25) is 0 Å². The van der Waals surface area contributed by atoms with Gasteiger partial charge in [-0.25, -0.2) is 9.97 Å². The van der Waals surface area contributed by atoms with Crippen LogP contribution in [0.1, 0.15) is 40.0 Å². The number of fused-ring (bicyclic) bond motifs is 1. The van der Waals surface area contributed by atoms with Gasteiger partial charge in [-0.05, 0) is 38.0 Å². The molecule has 0 unspecified atom stereocenters. The van der Waals surface area contributed by atoms with Gasteiger partial charge in [0, 0.05) is 49.9 Å². The summed E-state index contributed by atoms with van der Waals surface area (Å²) in [5.41, 5.74) is 1.92. The predicted octanol–water partition coefficient (Wildman–Crippen LogP) is 3.62. The average molecular weight is 396 g/mol. The molecule has 1 fully saturated rings. The molecule has 0 aliphatic carbocycles. The van der Waals surface area contributed by atoms with E-state index < -0.39 is 0 Å². The molecule has 1 amide bonds. The molecule has 4 rings (SSSR count). The second kappa shape index (κ2) is 7.83. The van der Waals surface area contributed by atoms with Gasteiger partial charge < -0.3 is 9.80 Å². The number of nitrogens with zero attached hydrogens (tertiary/aromatic N) is 5. The minimum atomic E-state index is 0.0508. The molecule has 0 bridgehead atoms. The highest BCUT2D eigenvalue weighted by Gasteiger charge is 2.26. The van der Waals surface area contributed by atoms with Crippen molar-refractivity contribution in [3.05, 3.63) is 46.4 Å². The van der Waals surface area contributed by atoms with Crippen molar-refractivity contribution in [1.82, 2.24) is 19.9 Å². The lowest BCUT2D eigenvalue weighted by Crippen LogP contribution is -2.49. The van der Waals surface area contributed by atoms with Crippen molar-refractivity contribution in [3.63, 3.8) is 0 Å². The van der Waals surface area contributed by atoms with Gasteiger partial charge in [-0.2, -0.15) is 0 Å². The fourth-order valence-corrected chi connectivity index (χ4v) is 4.67. The number of piperazine rings is 1. The van der Waals surface area contributed by atoms with E-state index in [1.54, 1.807) is 29.8 Å². The van der Waals surface area contributed by atoms with Crippen molar-refractivity contribution >= 4 is 33.3 Å².